The Morgan fingerprint density at radius 2 is 0.752 bits per heavy atom. The molecule has 0 aromatic carbocycles. The lowest BCUT2D eigenvalue weighted by molar-refractivity contribution is -0.156. The molecule has 0 bridgehead atoms. The molecule has 16 rings (SSSR count). The van der Waals surface area contributed by atoms with E-state index in [0.717, 1.165) is 127 Å². The maximum absolute atomic E-state index is 11.9. The van der Waals surface area contributed by atoms with Crippen molar-refractivity contribution in [2.45, 2.75) is 312 Å². The van der Waals surface area contributed by atoms with Crippen LogP contribution >= 0.6 is 0 Å². The van der Waals surface area contributed by atoms with Crippen molar-refractivity contribution >= 4 is 35.8 Å². The van der Waals surface area contributed by atoms with Gasteiger partial charge in [0.15, 0.2) is 0 Å². The van der Waals surface area contributed by atoms with Gasteiger partial charge in [0.25, 0.3) is 0 Å². The van der Waals surface area contributed by atoms with E-state index in [1.54, 1.807) is 36.5 Å². The van der Waals surface area contributed by atoms with Crippen LogP contribution in [-0.4, -0.2) is 171 Å². The Labute approximate surface area is 625 Å². The Kier molecular flexibility index (Phi) is 28.1. The zero-order valence-corrected chi connectivity index (χ0v) is 64.8. The van der Waals surface area contributed by atoms with Gasteiger partial charge in [0.1, 0.15) is 39.6 Å². The number of carbonyl (C=O) groups is 6. The summed E-state index contributed by atoms with van der Waals surface area (Å²) in [5, 5.41) is 0. The molecule has 586 valence electrons. The average molecular weight is 1470 g/mol. The van der Waals surface area contributed by atoms with E-state index in [1.165, 1.54) is 44.1 Å². The second-order valence-corrected chi connectivity index (χ2v) is 34.1. The molecule has 0 aromatic heterocycles. The fourth-order valence-corrected chi connectivity index (χ4v) is 17.0. The SMILES string of the molecule is C=C(C)C1CCC2(C)OC2C1.C=CC1CCC2OC2C1.C=CCOC(=O)C1(C)CCC2(C)OC2C1.C=CCOC(=O)C1(C)CCC2OC2(C)C1.C=CCOC(=O)C1(C)CCC2OC2C1.C=CCOC(=O)C1CCC2(C)OC2C1.C=CCOC(=O)C1CCC2OC2(C)C1.C=CCOC(=O)C1CCC2OC2C1. The Bertz CT molecular complexity index is 3140. The predicted octanol–water partition coefficient (Wildman–Crippen LogP) is 14.7. The first-order chi connectivity index (χ1) is 49.8. The van der Waals surface area contributed by atoms with Gasteiger partial charge in [-0.15, -0.1) is 6.58 Å². The Balaban J connectivity index is 0.000000139. The zero-order chi connectivity index (χ0) is 76.3. The lowest BCUT2D eigenvalue weighted by atomic mass is 9.71. The Hall–Kier alpha value is -5.58. The molecule has 16 aliphatic rings. The summed E-state index contributed by atoms with van der Waals surface area (Å²) in [6.45, 7) is 49.4. The van der Waals surface area contributed by atoms with Crippen molar-refractivity contribution < 1.29 is 95.1 Å². The van der Waals surface area contributed by atoms with Crippen LogP contribution in [0.4, 0.5) is 0 Å². The van der Waals surface area contributed by atoms with Gasteiger partial charge < -0.3 is 66.3 Å². The van der Waals surface area contributed by atoms with Crippen LogP contribution in [0.5, 0.6) is 0 Å². The maximum Gasteiger partial charge on any atom is 0.312 e. The van der Waals surface area contributed by atoms with Crippen molar-refractivity contribution in [2.75, 3.05) is 39.6 Å². The Morgan fingerprint density at radius 1 is 0.343 bits per heavy atom. The molecule has 105 heavy (non-hydrogen) atoms. The number of ether oxygens (including phenoxy) is 14. The summed E-state index contributed by atoms with van der Waals surface area (Å²) in [4.78, 5) is 69.8. The van der Waals surface area contributed by atoms with Gasteiger partial charge in [-0.05, 0) is 228 Å². The van der Waals surface area contributed by atoms with Gasteiger partial charge in [-0.3, -0.25) is 28.8 Å². The van der Waals surface area contributed by atoms with Crippen LogP contribution < -0.4 is 0 Å². The highest BCUT2D eigenvalue weighted by Gasteiger charge is 2.63. The van der Waals surface area contributed by atoms with Crippen LogP contribution in [0.1, 0.15) is 216 Å². The van der Waals surface area contributed by atoms with Crippen molar-refractivity contribution in [3.63, 3.8) is 0 Å². The molecule has 20 nitrogen and oxygen atoms in total. The monoisotopic (exact) mass is 1470 g/mol. The second-order valence-electron chi connectivity index (χ2n) is 34.1. The van der Waals surface area contributed by atoms with Gasteiger partial charge in [0, 0.05) is 0 Å². The van der Waals surface area contributed by atoms with Crippen LogP contribution in [0.2, 0.25) is 0 Å². The minimum Gasteiger partial charge on any atom is -0.461 e. The molecule has 0 aromatic rings. The number of esters is 6. The first kappa shape index (κ1) is 83.5. The van der Waals surface area contributed by atoms with E-state index in [0.29, 0.717) is 94.6 Å². The molecular formula is C85H126O20. The topological polar surface area (TPSA) is 258 Å². The zero-order valence-electron chi connectivity index (χ0n) is 64.8. The van der Waals surface area contributed by atoms with Crippen LogP contribution in [0.25, 0.3) is 0 Å². The highest BCUT2D eigenvalue weighted by molar-refractivity contribution is 5.78. The summed E-state index contributed by atoms with van der Waals surface area (Å²) in [6.07, 6.45) is 39.9. The quantitative estimate of drug-likeness (QED) is 0.0475. The summed E-state index contributed by atoms with van der Waals surface area (Å²) in [7, 11) is 0. The summed E-state index contributed by atoms with van der Waals surface area (Å²) in [6, 6.07) is 0. The van der Waals surface area contributed by atoms with E-state index in [1.807, 2.05) is 20.8 Å². The van der Waals surface area contributed by atoms with Crippen LogP contribution in [0.3, 0.4) is 0 Å². The highest BCUT2D eigenvalue weighted by atomic mass is 16.6. The van der Waals surface area contributed by atoms with Crippen molar-refractivity contribution in [3.05, 3.63) is 101 Å². The van der Waals surface area contributed by atoms with Gasteiger partial charge in [-0.2, -0.15) is 0 Å². The normalized spacial score (nSPS) is 41.8. The molecular weight excluding hydrogens is 1340 g/mol. The summed E-state index contributed by atoms with van der Waals surface area (Å²) < 4.78 is 74.3. The van der Waals surface area contributed by atoms with E-state index >= 15 is 0 Å². The average Bonchev–Trinajstić information content (AvgIpc) is 1.59. The number of carbonyl (C=O) groups excluding carboxylic acids is 6. The molecule has 8 saturated carbocycles. The molecule has 24 atom stereocenters. The first-order valence-corrected chi connectivity index (χ1v) is 39.1. The molecule has 20 heteroatoms. The number of hydrogen-bond acceptors (Lipinski definition) is 20. The second kappa shape index (κ2) is 35.4. The van der Waals surface area contributed by atoms with Crippen molar-refractivity contribution in [2.24, 2.45) is 45.8 Å². The molecule has 0 N–H and O–H groups in total. The summed E-state index contributed by atoms with van der Waals surface area (Å²) in [5.74, 6) is 0.988. The van der Waals surface area contributed by atoms with Crippen molar-refractivity contribution in [3.8, 4) is 0 Å². The molecule has 0 amide bonds. The third kappa shape index (κ3) is 22.8. The van der Waals surface area contributed by atoms with Crippen molar-refractivity contribution in [1.29, 1.82) is 0 Å². The summed E-state index contributed by atoms with van der Waals surface area (Å²) >= 11 is 0. The Morgan fingerprint density at radius 3 is 1.24 bits per heavy atom. The molecule has 16 fully saturated rings. The lowest BCUT2D eigenvalue weighted by Crippen LogP contribution is -2.38. The van der Waals surface area contributed by atoms with Crippen LogP contribution in [0, 0.1) is 45.8 Å². The minimum atomic E-state index is -0.370. The third-order valence-corrected chi connectivity index (χ3v) is 25.0. The number of rotatable bonds is 20. The fraction of sp³-hybridized carbons (Fsp3) is 0.741. The number of epoxide rings is 8. The van der Waals surface area contributed by atoms with E-state index in [4.69, 9.17) is 66.3 Å². The molecule has 8 aliphatic heterocycles. The highest BCUT2D eigenvalue weighted by Crippen LogP contribution is 2.57. The molecule has 0 spiro atoms. The van der Waals surface area contributed by atoms with Gasteiger partial charge in [0.2, 0.25) is 0 Å². The lowest BCUT2D eigenvalue weighted by Gasteiger charge is -2.31. The fourth-order valence-electron chi connectivity index (χ4n) is 17.0. The minimum absolute atomic E-state index is 0.0266. The molecule has 24 unspecified atom stereocenters. The third-order valence-electron chi connectivity index (χ3n) is 25.0. The number of fused-ring (bicyclic) bond motifs is 8. The molecule has 8 saturated heterocycles. The van der Waals surface area contributed by atoms with Gasteiger partial charge in [0.05, 0.1) is 129 Å². The molecule has 0 radical (unpaired) electrons. The number of allylic oxidation sites excluding steroid dienone is 2. The smallest absolute Gasteiger partial charge is 0.312 e. The van der Waals surface area contributed by atoms with E-state index in [-0.39, 0.29) is 110 Å². The molecule has 8 heterocycles. The van der Waals surface area contributed by atoms with Crippen LogP contribution in [0.15, 0.2) is 101 Å². The van der Waals surface area contributed by atoms with Gasteiger partial charge >= 0.3 is 35.8 Å². The number of hydrogen-bond donors (Lipinski definition) is 0. The van der Waals surface area contributed by atoms with Crippen molar-refractivity contribution in [1.82, 2.24) is 0 Å². The van der Waals surface area contributed by atoms with Gasteiger partial charge in [-0.25, -0.2) is 0 Å². The van der Waals surface area contributed by atoms with E-state index in [9.17, 15) is 28.8 Å². The standard InChI is InChI=1S/2C12H18O3.3C11H16O3.C10H14O3.C10H16O.C8H12O/c1-4-7-14-10(13)11(2)5-6-12(3)9(8-11)15-12;1-4-7-14-10(13)11(2)6-5-9-12(3,8-11)15-9;1-3-6-13-10(12)11(2)5-4-8-9(7-11)14-8;1-3-6-13-10(12)8-4-5-11(2)9(7-8)14-11;1-3-6-13-10(12)8-4-5-9-11(2,7-8)14-9;1-2-5-12-10(11)7-3-4-8-9(6-7)13-8;1-7(2)8-4-5-10(3)9(6-8)11-10;1-2-6-3-4-7-8(5-6)9-7/h2*4,9H,1,5-8H2,2-3H3;3*3,8-9H,1,4-7H2,2H3;2,7-9H,1,3-6H2;8-9H,1,4-6H2,2-3H3;2,6-8H,1,3-5H2. The maximum atomic E-state index is 11.9. The van der Waals surface area contributed by atoms with Crippen LogP contribution in [-0.2, 0) is 95.1 Å². The van der Waals surface area contributed by atoms with E-state index in [2.05, 4.69) is 100 Å². The van der Waals surface area contributed by atoms with E-state index < -0.39 is 0 Å². The molecule has 8 aliphatic carbocycles. The predicted molar refractivity (Wildman–Crippen MR) is 397 cm³/mol. The first-order valence-electron chi connectivity index (χ1n) is 39.1. The largest absolute Gasteiger partial charge is 0.461 e. The van der Waals surface area contributed by atoms with Gasteiger partial charge in [-0.1, -0.05) is 94.2 Å². The summed E-state index contributed by atoms with van der Waals surface area (Å²) in [5.41, 5.74) is 0.577.